The third kappa shape index (κ3) is 3.16. The first kappa shape index (κ1) is 15.7. The molecular formula is C14H12BrClN2O3. The highest BCUT2D eigenvalue weighted by Crippen LogP contribution is 2.24. The first-order valence-electron chi connectivity index (χ1n) is 6.14. The number of aryl methyl sites for hydroxylation is 1. The summed E-state index contributed by atoms with van der Waals surface area (Å²) in [6, 6.07) is 5.17. The zero-order chi connectivity index (χ0) is 15.6. The summed E-state index contributed by atoms with van der Waals surface area (Å²) >= 11 is 9.38. The molecule has 0 aliphatic heterocycles. The van der Waals surface area contributed by atoms with E-state index in [1.165, 1.54) is 11.8 Å². The molecule has 2 aromatic rings. The van der Waals surface area contributed by atoms with Crippen LogP contribution in [0.3, 0.4) is 0 Å². The van der Waals surface area contributed by atoms with Gasteiger partial charge >= 0.3 is 5.97 Å². The van der Waals surface area contributed by atoms with Crippen molar-refractivity contribution >= 4 is 33.5 Å². The van der Waals surface area contributed by atoms with Crippen LogP contribution in [0.25, 0.3) is 5.69 Å². The summed E-state index contributed by atoms with van der Waals surface area (Å²) in [6.45, 7) is 1.83. The second-order valence-electron chi connectivity index (χ2n) is 4.22. The van der Waals surface area contributed by atoms with E-state index < -0.39 is 11.4 Å². The number of carbonyl (C=O) groups is 1. The minimum Gasteiger partial charge on any atom is -0.464 e. The topological polar surface area (TPSA) is 61.2 Å². The van der Waals surface area contributed by atoms with Crippen LogP contribution in [0, 0.1) is 0 Å². The predicted octanol–water partition coefficient (Wildman–Crippen LogP) is 3.00. The van der Waals surface area contributed by atoms with Crippen LogP contribution in [0.5, 0.6) is 0 Å². The Balaban J connectivity index is 2.72. The zero-order valence-corrected chi connectivity index (χ0v) is 13.7. The molecule has 2 rings (SSSR count). The van der Waals surface area contributed by atoms with E-state index in [1.54, 1.807) is 24.4 Å². The molecule has 0 aliphatic rings. The minimum absolute atomic E-state index is 0.247. The van der Waals surface area contributed by atoms with Crippen LogP contribution < -0.4 is 5.43 Å². The second-order valence-corrected chi connectivity index (χ2v) is 5.51. The molecule has 1 aromatic heterocycles. The van der Waals surface area contributed by atoms with E-state index in [0.29, 0.717) is 22.7 Å². The standard InChI is InChI=1S/C14H12BrClN2O3/c1-3-8-7-18(11-6-9(16)4-5-10(11)15)17-12(13(8)19)14(20)21-2/h4-7H,3H2,1-2H3. The van der Waals surface area contributed by atoms with Gasteiger partial charge in [0.05, 0.1) is 12.8 Å². The fourth-order valence-corrected chi connectivity index (χ4v) is 2.40. The van der Waals surface area contributed by atoms with Crippen molar-refractivity contribution in [2.45, 2.75) is 13.3 Å². The number of rotatable bonds is 3. The molecule has 1 heterocycles. The molecule has 0 unspecified atom stereocenters. The number of hydrogen-bond donors (Lipinski definition) is 0. The van der Waals surface area contributed by atoms with Crippen LogP contribution in [0.4, 0.5) is 0 Å². The summed E-state index contributed by atoms with van der Waals surface area (Å²) < 4.78 is 6.79. The number of nitrogens with zero attached hydrogens (tertiary/aromatic N) is 2. The van der Waals surface area contributed by atoms with Gasteiger partial charge in [-0.25, -0.2) is 9.48 Å². The normalized spacial score (nSPS) is 10.5. The van der Waals surface area contributed by atoms with Gasteiger partial charge in [0.1, 0.15) is 0 Å². The lowest BCUT2D eigenvalue weighted by Crippen LogP contribution is -2.25. The number of aromatic nitrogens is 2. The van der Waals surface area contributed by atoms with Crippen molar-refractivity contribution in [2.75, 3.05) is 7.11 Å². The van der Waals surface area contributed by atoms with E-state index in [0.717, 1.165) is 4.47 Å². The smallest absolute Gasteiger partial charge is 0.362 e. The zero-order valence-electron chi connectivity index (χ0n) is 11.4. The third-order valence-corrected chi connectivity index (χ3v) is 3.81. The van der Waals surface area contributed by atoms with Gasteiger partial charge in [-0.3, -0.25) is 4.79 Å². The van der Waals surface area contributed by atoms with Crippen LogP contribution >= 0.6 is 27.5 Å². The number of methoxy groups -OCH3 is 1. The maximum absolute atomic E-state index is 12.1. The van der Waals surface area contributed by atoms with Crippen molar-refractivity contribution in [3.05, 3.63) is 55.4 Å². The summed E-state index contributed by atoms with van der Waals surface area (Å²) in [5.74, 6) is -0.762. The maximum Gasteiger partial charge on any atom is 0.362 e. The lowest BCUT2D eigenvalue weighted by molar-refractivity contribution is 0.0590. The van der Waals surface area contributed by atoms with Crippen molar-refractivity contribution in [3.63, 3.8) is 0 Å². The number of benzene rings is 1. The molecule has 0 atom stereocenters. The van der Waals surface area contributed by atoms with Crippen molar-refractivity contribution in [1.82, 2.24) is 9.78 Å². The van der Waals surface area contributed by atoms with Gasteiger partial charge < -0.3 is 4.74 Å². The van der Waals surface area contributed by atoms with Gasteiger partial charge in [0, 0.05) is 21.3 Å². The Hall–Kier alpha value is -1.66. The molecule has 0 spiro atoms. The van der Waals surface area contributed by atoms with Crippen molar-refractivity contribution in [1.29, 1.82) is 0 Å². The Kier molecular flexibility index (Phi) is 4.80. The summed E-state index contributed by atoms with van der Waals surface area (Å²) in [6.07, 6.45) is 2.06. The number of carbonyl (C=O) groups excluding carboxylic acids is 1. The minimum atomic E-state index is -0.762. The molecule has 0 amide bonds. The molecule has 21 heavy (non-hydrogen) atoms. The molecule has 110 valence electrons. The highest BCUT2D eigenvalue weighted by molar-refractivity contribution is 9.10. The van der Waals surface area contributed by atoms with E-state index in [-0.39, 0.29) is 5.69 Å². The predicted molar refractivity (Wildman–Crippen MR) is 83.3 cm³/mol. The van der Waals surface area contributed by atoms with Gasteiger partial charge in [-0.1, -0.05) is 18.5 Å². The van der Waals surface area contributed by atoms with Crippen molar-refractivity contribution in [3.8, 4) is 5.69 Å². The van der Waals surface area contributed by atoms with Crippen LogP contribution in [0.1, 0.15) is 23.0 Å². The highest BCUT2D eigenvalue weighted by Gasteiger charge is 2.18. The van der Waals surface area contributed by atoms with E-state index >= 15 is 0 Å². The molecule has 5 nitrogen and oxygen atoms in total. The average Bonchev–Trinajstić information content (AvgIpc) is 2.49. The van der Waals surface area contributed by atoms with E-state index in [1.807, 2.05) is 6.92 Å². The second kappa shape index (κ2) is 6.41. The molecule has 0 fully saturated rings. The molecule has 0 aliphatic carbocycles. The molecule has 0 bridgehead atoms. The Labute approximate surface area is 134 Å². The molecule has 0 radical (unpaired) electrons. The van der Waals surface area contributed by atoms with Crippen LogP contribution in [-0.4, -0.2) is 22.9 Å². The van der Waals surface area contributed by atoms with E-state index in [4.69, 9.17) is 11.6 Å². The van der Waals surface area contributed by atoms with Crippen molar-refractivity contribution < 1.29 is 9.53 Å². The third-order valence-electron chi connectivity index (χ3n) is 2.91. The quantitative estimate of drug-likeness (QED) is 0.778. The Morgan fingerprint density at radius 2 is 2.19 bits per heavy atom. The lowest BCUT2D eigenvalue weighted by atomic mass is 10.2. The molecular weight excluding hydrogens is 360 g/mol. The lowest BCUT2D eigenvalue weighted by Gasteiger charge is -2.11. The monoisotopic (exact) mass is 370 g/mol. The Morgan fingerprint density at radius 3 is 2.81 bits per heavy atom. The van der Waals surface area contributed by atoms with Gasteiger partial charge in [-0.2, -0.15) is 5.10 Å². The van der Waals surface area contributed by atoms with Crippen molar-refractivity contribution in [2.24, 2.45) is 0 Å². The molecule has 0 saturated heterocycles. The van der Waals surface area contributed by atoms with Gasteiger partial charge in [-0.15, -0.1) is 0 Å². The Bertz CT molecular complexity index is 758. The summed E-state index contributed by atoms with van der Waals surface area (Å²) in [5, 5.41) is 4.58. The fourth-order valence-electron chi connectivity index (χ4n) is 1.81. The molecule has 7 heteroatoms. The molecule has 1 aromatic carbocycles. The highest BCUT2D eigenvalue weighted by atomic mass is 79.9. The van der Waals surface area contributed by atoms with Crippen LogP contribution in [0.15, 0.2) is 33.7 Å². The SMILES string of the molecule is CCc1cn(-c2cc(Cl)ccc2Br)nc(C(=O)OC)c1=O. The first-order chi connectivity index (χ1) is 9.97. The average molecular weight is 372 g/mol. The van der Waals surface area contributed by atoms with Gasteiger partial charge in [0.2, 0.25) is 11.1 Å². The molecule has 0 saturated carbocycles. The largest absolute Gasteiger partial charge is 0.464 e. The molecule has 0 N–H and O–H groups in total. The van der Waals surface area contributed by atoms with E-state index in [2.05, 4.69) is 25.8 Å². The summed E-state index contributed by atoms with van der Waals surface area (Å²) in [7, 11) is 1.21. The number of hydrogen-bond acceptors (Lipinski definition) is 4. The van der Waals surface area contributed by atoms with Gasteiger partial charge in [0.25, 0.3) is 0 Å². The van der Waals surface area contributed by atoms with E-state index in [9.17, 15) is 9.59 Å². The fraction of sp³-hybridized carbons (Fsp3) is 0.214. The van der Waals surface area contributed by atoms with Crippen LogP contribution in [-0.2, 0) is 11.2 Å². The summed E-state index contributed by atoms with van der Waals surface area (Å²) in [4.78, 5) is 23.8. The maximum atomic E-state index is 12.1. The van der Waals surface area contributed by atoms with Gasteiger partial charge in [0.15, 0.2) is 0 Å². The first-order valence-corrected chi connectivity index (χ1v) is 7.31. The number of halogens is 2. The number of ether oxygens (including phenoxy) is 1. The summed E-state index contributed by atoms with van der Waals surface area (Å²) in [5.41, 5.74) is 0.433. The Morgan fingerprint density at radius 1 is 1.48 bits per heavy atom. The van der Waals surface area contributed by atoms with Gasteiger partial charge in [-0.05, 0) is 40.5 Å². The van der Waals surface area contributed by atoms with Crippen LogP contribution in [0.2, 0.25) is 5.02 Å². The number of esters is 1.